The molecule has 1 unspecified atom stereocenters. The highest BCUT2D eigenvalue weighted by Crippen LogP contribution is 2.28. The Hall–Kier alpha value is -1.35. The van der Waals surface area contributed by atoms with E-state index in [9.17, 15) is 4.79 Å². The molecule has 0 aliphatic carbocycles. The largest absolute Gasteiger partial charge is 0.332 e. The van der Waals surface area contributed by atoms with E-state index < -0.39 is 0 Å². The molecule has 2 N–H and O–H groups in total. The van der Waals surface area contributed by atoms with Gasteiger partial charge < -0.3 is 10.6 Å². The van der Waals surface area contributed by atoms with Crippen molar-refractivity contribution in [1.82, 2.24) is 4.90 Å². The van der Waals surface area contributed by atoms with E-state index in [0.29, 0.717) is 6.54 Å². The van der Waals surface area contributed by atoms with Crippen molar-refractivity contribution in [1.29, 1.82) is 0 Å². The molecule has 1 saturated heterocycles. The first-order valence-corrected chi connectivity index (χ1v) is 7.21. The average molecular weight is 260 g/mol. The second-order valence-corrected chi connectivity index (χ2v) is 5.67. The Balaban J connectivity index is 2.21. The van der Waals surface area contributed by atoms with Crippen molar-refractivity contribution >= 4 is 5.91 Å². The Morgan fingerprint density at radius 1 is 1.32 bits per heavy atom. The molecule has 0 saturated carbocycles. The third-order valence-electron chi connectivity index (χ3n) is 4.29. The summed E-state index contributed by atoms with van der Waals surface area (Å²) in [6.45, 7) is 5.57. The minimum absolute atomic E-state index is 0.121. The number of hydrogen-bond acceptors (Lipinski definition) is 2. The van der Waals surface area contributed by atoms with Crippen LogP contribution in [0.3, 0.4) is 0 Å². The summed E-state index contributed by atoms with van der Waals surface area (Å²) in [5, 5.41) is 0. The maximum atomic E-state index is 12.6. The Kier molecular flexibility index (Phi) is 4.25. The van der Waals surface area contributed by atoms with Gasteiger partial charge in [-0.2, -0.15) is 0 Å². The number of hydrogen-bond donors (Lipinski definition) is 1. The van der Waals surface area contributed by atoms with E-state index in [4.69, 9.17) is 5.73 Å². The summed E-state index contributed by atoms with van der Waals surface area (Å²) in [6, 6.07) is 7.95. The van der Waals surface area contributed by atoms with E-state index in [0.717, 1.165) is 37.8 Å². The molecule has 0 radical (unpaired) electrons. The summed E-state index contributed by atoms with van der Waals surface area (Å²) >= 11 is 0. The highest BCUT2D eigenvalue weighted by molar-refractivity contribution is 5.94. The molecular weight excluding hydrogens is 236 g/mol. The number of piperidine rings is 1. The number of carbonyl (C=O) groups excluding carboxylic acids is 1. The molecule has 1 fully saturated rings. The Bertz CT molecular complexity index is 441. The molecule has 0 spiro atoms. The molecule has 1 aliphatic heterocycles. The van der Waals surface area contributed by atoms with Gasteiger partial charge in [-0.15, -0.1) is 0 Å². The molecule has 1 aliphatic rings. The third-order valence-corrected chi connectivity index (χ3v) is 4.29. The van der Waals surface area contributed by atoms with Crippen LogP contribution in [0.25, 0.3) is 0 Å². The van der Waals surface area contributed by atoms with E-state index in [1.807, 2.05) is 29.2 Å². The summed E-state index contributed by atoms with van der Waals surface area (Å²) < 4.78 is 0. The van der Waals surface area contributed by atoms with Gasteiger partial charge in [-0.1, -0.05) is 19.1 Å². The minimum Gasteiger partial charge on any atom is -0.332 e. The van der Waals surface area contributed by atoms with Gasteiger partial charge in [0.25, 0.3) is 5.91 Å². The van der Waals surface area contributed by atoms with Gasteiger partial charge in [0.1, 0.15) is 0 Å². The average Bonchev–Trinajstić information content (AvgIpc) is 2.47. The van der Waals surface area contributed by atoms with E-state index in [-0.39, 0.29) is 11.4 Å². The summed E-state index contributed by atoms with van der Waals surface area (Å²) in [5.74, 6) is 0.121. The van der Waals surface area contributed by atoms with Crippen LogP contribution in [-0.2, 0) is 6.42 Å². The molecule has 0 aromatic heterocycles. The van der Waals surface area contributed by atoms with Crippen LogP contribution in [0.1, 0.15) is 49.0 Å². The van der Waals surface area contributed by atoms with Crippen molar-refractivity contribution in [3.05, 3.63) is 35.4 Å². The van der Waals surface area contributed by atoms with E-state index in [1.165, 1.54) is 5.56 Å². The van der Waals surface area contributed by atoms with Crippen LogP contribution in [0.15, 0.2) is 24.3 Å². The Labute approximate surface area is 115 Å². The van der Waals surface area contributed by atoms with Crippen molar-refractivity contribution in [2.75, 3.05) is 13.1 Å². The molecule has 1 atom stereocenters. The van der Waals surface area contributed by atoms with Crippen LogP contribution in [0.2, 0.25) is 0 Å². The second kappa shape index (κ2) is 5.74. The summed E-state index contributed by atoms with van der Waals surface area (Å²) in [6.07, 6.45) is 4.24. The third kappa shape index (κ3) is 2.81. The number of carbonyl (C=O) groups is 1. The lowest BCUT2D eigenvalue weighted by atomic mass is 9.88. The predicted molar refractivity (Wildman–Crippen MR) is 78.2 cm³/mol. The van der Waals surface area contributed by atoms with E-state index >= 15 is 0 Å². The van der Waals surface area contributed by atoms with Gasteiger partial charge in [0.15, 0.2) is 0 Å². The fourth-order valence-electron chi connectivity index (χ4n) is 2.78. The molecule has 3 heteroatoms. The lowest BCUT2D eigenvalue weighted by Gasteiger charge is -2.44. The molecule has 1 aromatic carbocycles. The Morgan fingerprint density at radius 2 is 2.00 bits per heavy atom. The maximum Gasteiger partial charge on any atom is 0.254 e. The first kappa shape index (κ1) is 14.1. The zero-order valence-corrected chi connectivity index (χ0v) is 12.0. The van der Waals surface area contributed by atoms with Crippen molar-refractivity contribution in [2.24, 2.45) is 5.73 Å². The number of nitrogens with zero attached hydrogens (tertiary/aromatic N) is 1. The predicted octanol–water partition coefficient (Wildman–Crippen LogP) is 2.59. The number of aryl methyl sites for hydroxylation is 1. The van der Waals surface area contributed by atoms with Crippen molar-refractivity contribution in [3.8, 4) is 0 Å². The lowest BCUT2D eigenvalue weighted by molar-refractivity contribution is 0.0403. The number of benzene rings is 1. The molecule has 1 amide bonds. The number of rotatable bonds is 3. The van der Waals surface area contributed by atoms with Crippen LogP contribution in [0.4, 0.5) is 0 Å². The van der Waals surface area contributed by atoms with Gasteiger partial charge >= 0.3 is 0 Å². The number of nitrogens with two attached hydrogens (primary N) is 1. The lowest BCUT2D eigenvalue weighted by Crippen LogP contribution is -2.56. The van der Waals surface area contributed by atoms with Gasteiger partial charge in [-0.25, -0.2) is 0 Å². The first-order valence-electron chi connectivity index (χ1n) is 7.21. The standard InChI is InChI=1S/C16H24N2O/c1-3-13-6-8-14(9-7-13)15(19)18-11-5-4-10-16(18,2)12-17/h6-9H,3-5,10-12,17H2,1-2H3. The second-order valence-electron chi connectivity index (χ2n) is 5.67. The van der Waals surface area contributed by atoms with Crippen LogP contribution in [-0.4, -0.2) is 29.4 Å². The van der Waals surface area contributed by atoms with E-state index in [1.54, 1.807) is 0 Å². The minimum atomic E-state index is -0.182. The van der Waals surface area contributed by atoms with E-state index in [2.05, 4.69) is 13.8 Å². The molecule has 19 heavy (non-hydrogen) atoms. The van der Waals surface area contributed by atoms with Gasteiger partial charge in [0, 0.05) is 18.7 Å². The topological polar surface area (TPSA) is 46.3 Å². The SMILES string of the molecule is CCc1ccc(C(=O)N2CCCCC2(C)CN)cc1. The summed E-state index contributed by atoms with van der Waals surface area (Å²) in [5.41, 5.74) is 7.75. The van der Waals surface area contributed by atoms with Crippen molar-refractivity contribution in [3.63, 3.8) is 0 Å². The maximum absolute atomic E-state index is 12.6. The normalized spacial score (nSPS) is 23.4. The molecule has 3 nitrogen and oxygen atoms in total. The zero-order valence-electron chi connectivity index (χ0n) is 12.0. The van der Waals surface area contributed by atoms with Gasteiger partial charge in [-0.3, -0.25) is 4.79 Å². The summed E-state index contributed by atoms with van der Waals surface area (Å²) in [7, 11) is 0. The van der Waals surface area contributed by atoms with Crippen LogP contribution in [0, 0.1) is 0 Å². The molecule has 2 rings (SSSR count). The van der Waals surface area contributed by atoms with Gasteiger partial charge in [-0.05, 0) is 50.3 Å². The molecule has 1 heterocycles. The molecule has 0 bridgehead atoms. The highest BCUT2D eigenvalue weighted by atomic mass is 16.2. The quantitative estimate of drug-likeness (QED) is 0.908. The van der Waals surface area contributed by atoms with Crippen LogP contribution < -0.4 is 5.73 Å². The first-order chi connectivity index (χ1) is 9.10. The zero-order chi connectivity index (χ0) is 13.9. The number of likely N-dealkylation sites (tertiary alicyclic amines) is 1. The van der Waals surface area contributed by atoms with Gasteiger partial charge in [0.2, 0.25) is 0 Å². The smallest absolute Gasteiger partial charge is 0.254 e. The van der Waals surface area contributed by atoms with Crippen molar-refractivity contribution in [2.45, 2.75) is 45.1 Å². The fraction of sp³-hybridized carbons (Fsp3) is 0.562. The van der Waals surface area contributed by atoms with Crippen LogP contribution in [0.5, 0.6) is 0 Å². The number of amides is 1. The Morgan fingerprint density at radius 3 is 2.58 bits per heavy atom. The summed E-state index contributed by atoms with van der Waals surface area (Å²) in [4.78, 5) is 14.6. The monoisotopic (exact) mass is 260 g/mol. The fourth-order valence-corrected chi connectivity index (χ4v) is 2.78. The van der Waals surface area contributed by atoms with Crippen molar-refractivity contribution < 1.29 is 4.79 Å². The molecule has 104 valence electrons. The van der Waals surface area contributed by atoms with Gasteiger partial charge in [0.05, 0.1) is 5.54 Å². The molecule has 1 aromatic rings. The molecular formula is C16H24N2O. The highest BCUT2D eigenvalue weighted by Gasteiger charge is 2.36. The van der Waals surface area contributed by atoms with Crippen LogP contribution >= 0.6 is 0 Å².